The van der Waals surface area contributed by atoms with E-state index in [1.165, 1.54) is 0 Å². The monoisotopic (exact) mass is 398 g/mol. The molecule has 154 valence electrons. The zero-order chi connectivity index (χ0) is 20.5. The van der Waals surface area contributed by atoms with Crippen molar-refractivity contribution in [3.63, 3.8) is 0 Å². The lowest BCUT2D eigenvalue weighted by molar-refractivity contribution is -0.130. The molecule has 4 rings (SSSR count). The number of anilines is 1. The van der Waals surface area contributed by atoms with E-state index in [2.05, 4.69) is 14.9 Å². The summed E-state index contributed by atoms with van der Waals surface area (Å²) in [6, 6.07) is 5.60. The number of hydrogen-bond donors (Lipinski definition) is 1. The van der Waals surface area contributed by atoms with E-state index in [4.69, 9.17) is 9.47 Å². The average Bonchev–Trinajstić information content (AvgIpc) is 3.02. The zero-order valence-electron chi connectivity index (χ0n) is 17.0. The molecule has 0 atom stereocenters. The summed E-state index contributed by atoms with van der Waals surface area (Å²) in [7, 11) is 0. The van der Waals surface area contributed by atoms with Gasteiger partial charge in [0.05, 0.1) is 0 Å². The first kappa shape index (κ1) is 19.3. The molecule has 2 amide bonds. The van der Waals surface area contributed by atoms with Gasteiger partial charge in [-0.15, -0.1) is 0 Å². The number of fused-ring (bicyclic) bond motifs is 1. The van der Waals surface area contributed by atoms with E-state index in [0.29, 0.717) is 36.1 Å². The van der Waals surface area contributed by atoms with Crippen LogP contribution in [0.25, 0.3) is 0 Å². The van der Waals surface area contributed by atoms with E-state index >= 15 is 0 Å². The van der Waals surface area contributed by atoms with Crippen LogP contribution in [0.15, 0.2) is 18.2 Å². The molecule has 1 N–H and O–H groups in total. The highest BCUT2D eigenvalue weighted by molar-refractivity contribution is 6.03. The Balaban J connectivity index is 1.50. The summed E-state index contributed by atoms with van der Waals surface area (Å²) in [5, 5.41) is 2.91. The summed E-state index contributed by atoms with van der Waals surface area (Å²) >= 11 is 0. The van der Waals surface area contributed by atoms with Crippen LogP contribution in [0.5, 0.6) is 11.5 Å². The third-order valence-electron chi connectivity index (χ3n) is 5.62. The molecular weight excluding hydrogens is 372 g/mol. The molecule has 29 heavy (non-hydrogen) atoms. The van der Waals surface area contributed by atoms with E-state index in [0.717, 1.165) is 37.4 Å². The first-order valence-electron chi connectivity index (χ1n) is 9.96. The van der Waals surface area contributed by atoms with Gasteiger partial charge in [-0.3, -0.25) is 9.59 Å². The van der Waals surface area contributed by atoms with Crippen molar-refractivity contribution >= 4 is 17.5 Å². The fourth-order valence-corrected chi connectivity index (χ4v) is 4.16. The number of aromatic nitrogens is 2. The zero-order valence-corrected chi connectivity index (χ0v) is 17.0. The molecular formula is C21H26N4O4. The highest BCUT2D eigenvalue weighted by Crippen LogP contribution is 2.33. The number of imidazole rings is 1. The van der Waals surface area contributed by atoms with Gasteiger partial charge in [-0.25, -0.2) is 4.98 Å². The number of nitrogens with one attached hydrogen (secondary N) is 1. The number of aryl methyl sites for hydroxylation is 1. The summed E-state index contributed by atoms with van der Waals surface area (Å²) < 4.78 is 13.2. The number of ether oxygens (including phenoxy) is 2. The second-order valence-electron chi connectivity index (χ2n) is 7.51. The van der Waals surface area contributed by atoms with Crippen molar-refractivity contribution in [2.75, 3.05) is 31.6 Å². The number of nitrogens with zero attached hydrogens (tertiary/aromatic N) is 3. The molecule has 3 heterocycles. The van der Waals surface area contributed by atoms with E-state index in [1.807, 2.05) is 18.7 Å². The van der Waals surface area contributed by atoms with Crippen LogP contribution >= 0.6 is 0 Å². The molecule has 0 spiro atoms. The number of hydrogen-bond acceptors (Lipinski definition) is 5. The first-order chi connectivity index (χ1) is 13.9. The summed E-state index contributed by atoms with van der Waals surface area (Å²) in [5.41, 5.74) is 1.91. The molecule has 2 aliphatic rings. The van der Waals surface area contributed by atoms with Crippen LogP contribution in [-0.4, -0.2) is 52.6 Å². The largest absolute Gasteiger partial charge is 0.486 e. The van der Waals surface area contributed by atoms with Crippen molar-refractivity contribution in [1.29, 1.82) is 0 Å². The van der Waals surface area contributed by atoms with E-state index < -0.39 is 0 Å². The topological polar surface area (TPSA) is 85.7 Å². The van der Waals surface area contributed by atoms with Crippen LogP contribution < -0.4 is 14.8 Å². The van der Waals surface area contributed by atoms with Crippen molar-refractivity contribution in [2.24, 2.45) is 0 Å². The third kappa shape index (κ3) is 3.79. The minimum atomic E-state index is -0.248. The number of rotatable bonds is 3. The van der Waals surface area contributed by atoms with Gasteiger partial charge in [-0.1, -0.05) is 0 Å². The van der Waals surface area contributed by atoms with Gasteiger partial charge in [0.1, 0.15) is 24.7 Å². The van der Waals surface area contributed by atoms with Gasteiger partial charge < -0.3 is 24.3 Å². The van der Waals surface area contributed by atoms with Crippen LogP contribution in [0.4, 0.5) is 5.69 Å². The predicted octanol–water partition coefficient (Wildman–Crippen LogP) is 2.71. The van der Waals surface area contributed by atoms with Crippen molar-refractivity contribution in [1.82, 2.24) is 14.5 Å². The second kappa shape index (κ2) is 7.77. The summed E-state index contributed by atoms with van der Waals surface area (Å²) in [6.07, 6.45) is 1.72. The molecule has 0 aliphatic carbocycles. The molecule has 1 saturated heterocycles. The molecule has 8 heteroatoms. The van der Waals surface area contributed by atoms with Crippen LogP contribution in [0.2, 0.25) is 0 Å². The predicted molar refractivity (Wildman–Crippen MR) is 108 cm³/mol. The maximum Gasteiger partial charge on any atom is 0.276 e. The Morgan fingerprint density at radius 1 is 1.10 bits per heavy atom. The van der Waals surface area contributed by atoms with E-state index in [-0.39, 0.29) is 17.9 Å². The first-order valence-corrected chi connectivity index (χ1v) is 9.96. The SMILES string of the molecule is CC(=O)N1CCC(n2c(C)nc(C(=O)Nc3ccc4c(c3)OCCO4)c2C)CC1. The van der Waals surface area contributed by atoms with Crippen molar-refractivity contribution in [2.45, 2.75) is 39.7 Å². The van der Waals surface area contributed by atoms with E-state index in [9.17, 15) is 9.59 Å². The fourth-order valence-electron chi connectivity index (χ4n) is 4.16. The normalized spacial score (nSPS) is 16.6. The Hall–Kier alpha value is -3.03. The number of carbonyl (C=O) groups is 2. The molecule has 2 aromatic rings. The molecule has 0 radical (unpaired) electrons. The highest BCUT2D eigenvalue weighted by atomic mass is 16.6. The molecule has 0 saturated carbocycles. The highest BCUT2D eigenvalue weighted by Gasteiger charge is 2.27. The van der Waals surface area contributed by atoms with Crippen molar-refractivity contribution in [3.8, 4) is 11.5 Å². The standard InChI is InChI=1S/C21H26N4O4/c1-13-20(21(27)23-16-4-5-18-19(12-16)29-11-10-28-18)22-14(2)25(13)17-6-8-24(9-7-17)15(3)26/h4-5,12,17H,6-11H2,1-3H3,(H,23,27). The molecule has 0 bridgehead atoms. The van der Waals surface area contributed by atoms with Gasteiger partial charge in [-0.05, 0) is 38.8 Å². The Morgan fingerprint density at radius 3 is 2.48 bits per heavy atom. The third-order valence-corrected chi connectivity index (χ3v) is 5.62. The minimum absolute atomic E-state index is 0.113. The molecule has 1 aromatic heterocycles. The van der Waals surface area contributed by atoms with Crippen LogP contribution in [0.3, 0.4) is 0 Å². The fraction of sp³-hybridized carbons (Fsp3) is 0.476. The van der Waals surface area contributed by atoms with Gasteiger partial charge in [0.15, 0.2) is 11.5 Å². The van der Waals surface area contributed by atoms with Gasteiger partial charge in [-0.2, -0.15) is 0 Å². The minimum Gasteiger partial charge on any atom is -0.486 e. The van der Waals surface area contributed by atoms with Gasteiger partial charge in [0.25, 0.3) is 5.91 Å². The molecule has 1 aromatic carbocycles. The number of benzene rings is 1. The molecule has 2 aliphatic heterocycles. The average molecular weight is 398 g/mol. The summed E-state index contributed by atoms with van der Waals surface area (Å²) in [4.78, 5) is 30.9. The molecule has 8 nitrogen and oxygen atoms in total. The summed E-state index contributed by atoms with van der Waals surface area (Å²) in [6.45, 7) is 7.94. The van der Waals surface area contributed by atoms with Gasteiger partial charge in [0.2, 0.25) is 5.91 Å². The maximum atomic E-state index is 12.9. The number of carbonyl (C=O) groups excluding carboxylic acids is 2. The Morgan fingerprint density at radius 2 is 1.79 bits per heavy atom. The smallest absolute Gasteiger partial charge is 0.276 e. The van der Waals surface area contributed by atoms with Crippen molar-refractivity contribution in [3.05, 3.63) is 35.4 Å². The number of amides is 2. The van der Waals surface area contributed by atoms with E-state index in [1.54, 1.807) is 25.1 Å². The lowest BCUT2D eigenvalue weighted by Gasteiger charge is -2.33. The summed E-state index contributed by atoms with van der Waals surface area (Å²) in [5.74, 6) is 1.99. The van der Waals surface area contributed by atoms with Crippen molar-refractivity contribution < 1.29 is 19.1 Å². The second-order valence-corrected chi connectivity index (χ2v) is 7.51. The maximum absolute atomic E-state index is 12.9. The molecule has 1 fully saturated rings. The van der Waals surface area contributed by atoms with Gasteiger partial charge in [0, 0.05) is 43.5 Å². The van der Waals surface area contributed by atoms with Crippen LogP contribution in [0, 0.1) is 13.8 Å². The lowest BCUT2D eigenvalue weighted by Crippen LogP contribution is -2.38. The quantitative estimate of drug-likeness (QED) is 0.859. The number of piperidine rings is 1. The number of likely N-dealkylation sites (tertiary alicyclic amines) is 1. The Kier molecular flexibility index (Phi) is 5.17. The Labute approximate surface area is 169 Å². The van der Waals surface area contributed by atoms with Crippen LogP contribution in [-0.2, 0) is 4.79 Å². The van der Waals surface area contributed by atoms with Crippen LogP contribution in [0.1, 0.15) is 47.8 Å². The van der Waals surface area contributed by atoms with Gasteiger partial charge >= 0.3 is 0 Å². The Bertz CT molecular complexity index is 944. The lowest BCUT2D eigenvalue weighted by atomic mass is 10.0. The molecule has 0 unspecified atom stereocenters.